The third-order valence-electron chi connectivity index (χ3n) is 9.16. The van der Waals surface area contributed by atoms with Crippen LogP contribution in [0.4, 0.5) is 0 Å². The van der Waals surface area contributed by atoms with Gasteiger partial charge in [0.1, 0.15) is 0 Å². The van der Waals surface area contributed by atoms with Crippen molar-refractivity contribution in [2.75, 3.05) is 0 Å². The van der Waals surface area contributed by atoms with E-state index >= 15 is 0 Å². The first-order valence-corrected chi connectivity index (χ1v) is 12.3. The first kappa shape index (κ1) is 18.7. The second kappa shape index (κ2) is 7.04. The van der Waals surface area contributed by atoms with Crippen LogP contribution in [0.3, 0.4) is 0 Å². The van der Waals surface area contributed by atoms with Crippen molar-refractivity contribution in [1.29, 1.82) is 0 Å². The van der Waals surface area contributed by atoms with E-state index in [1.54, 1.807) is 0 Å². The highest BCUT2D eigenvalue weighted by atomic mass is 32.2. The fourth-order valence-corrected chi connectivity index (χ4v) is 9.66. The van der Waals surface area contributed by atoms with Crippen molar-refractivity contribution in [3.05, 3.63) is 0 Å². The summed E-state index contributed by atoms with van der Waals surface area (Å²) in [5.41, 5.74) is 0. The maximum atomic E-state index is 4.21. The van der Waals surface area contributed by atoms with E-state index in [2.05, 4.69) is 58.6 Å². The van der Waals surface area contributed by atoms with E-state index in [-0.39, 0.29) is 0 Å². The van der Waals surface area contributed by atoms with Crippen molar-refractivity contribution < 1.29 is 0 Å². The summed E-state index contributed by atoms with van der Waals surface area (Å²) in [7, 11) is 0. The maximum absolute atomic E-state index is 4.21. The second-order valence-electron chi connectivity index (χ2n) is 10.5. The van der Waals surface area contributed by atoms with Gasteiger partial charge in [-0.25, -0.2) is 0 Å². The normalized spacial score (nSPS) is 56.0. The largest absolute Gasteiger partial charge is 0.310 e. The summed E-state index contributed by atoms with van der Waals surface area (Å²) in [6, 6.07) is 1.58. The van der Waals surface area contributed by atoms with Crippen molar-refractivity contribution in [2.45, 2.75) is 96.2 Å². The minimum Gasteiger partial charge on any atom is -0.310 e. The van der Waals surface area contributed by atoms with E-state index in [0.717, 1.165) is 69.9 Å². The quantitative estimate of drug-likeness (QED) is 0.661. The molecule has 11 unspecified atom stereocenters. The Labute approximate surface area is 160 Å². The van der Waals surface area contributed by atoms with Crippen molar-refractivity contribution >= 4 is 11.8 Å². The van der Waals surface area contributed by atoms with Gasteiger partial charge >= 0.3 is 0 Å². The Morgan fingerprint density at radius 1 is 0.840 bits per heavy atom. The molecular weight excluding hydrogens is 322 g/mol. The molecule has 0 amide bonds. The van der Waals surface area contributed by atoms with Crippen molar-refractivity contribution in [2.24, 2.45) is 47.3 Å². The third kappa shape index (κ3) is 3.02. The molecule has 144 valence electrons. The van der Waals surface area contributed by atoms with E-state index in [0.29, 0.717) is 0 Å². The molecule has 2 saturated carbocycles. The molecule has 4 fully saturated rings. The Morgan fingerprint density at radius 3 is 2.28 bits per heavy atom. The summed E-state index contributed by atoms with van der Waals surface area (Å²) in [6.45, 7) is 15.1. The standard InChI is InChI=1S/C23H41NS/c1-12(2)19-11-10-17-8-7-9-18(22(17)24-19)21-14(4)13(3)20-15(5)16(6)25-23(20)21/h12-24H,7-11H2,1-6H3. The van der Waals surface area contributed by atoms with E-state index in [1.807, 2.05) is 0 Å². The molecular formula is C23H41NS. The fraction of sp³-hybridized carbons (Fsp3) is 1.00. The third-order valence-corrected chi connectivity index (χ3v) is 11.0. The van der Waals surface area contributed by atoms with Gasteiger partial charge in [0.2, 0.25) is 0 Å². The Bertz CT molecular complexity index is 477. The minimum absolute atomic E-state index is 0.765. The molecule has 25 heavy (non-hydrogen) atoms. The molecule has 0 spiro atoms. The van der Waals surface area contributed by atoms with Crippen LogP contribution < -0.4 is 5.32 Å². The number of fused-ring (bicyclic) bond motifs is 2. The van der Waals surface area contributed by atoms with Crippen LogP contribution >= 0.6 is 11.8 Å². The van der Waals surface area contributed by atoms with Crippen LogP contribution in [0.25, 0.3) is 0 Å². The Hall–Kier alpha value is 0.310. The average Bonchev–Trinajstić information content (AvgIpc) is 3.01. The Kier molecular flexibility index (Phi) is 5.26. The summed E-state index contributed by atoms with van der Waals surface area (Å²) >= 11 is 2.37. The molecule has 2 saturated heterocycles. The van der Waals surface area contributed by atoms with Gasteiger partial charge in [0.05, 0.1) is 0 Å². The van der Waals surface area contributed by atoms with Gasteiger partial charge in [0.15, 0.2) is 0 Å². The lowest BCUT2D eigenvalue weighted by atomic mass is 9.65. The van der Waals surface area contributed by atoms with Gasteiger partial charge in [-0.2, -0.15) is 11.8 Å². The lowest BCUT2D eigenvalue weighted by Crippen LogP contribution is -2.57. The van der Waals surface area contributed by atoms with Crippen LogP contribution in [0.15, 0.2) is 0 Å². The second-order valence-corrected chi connectivity index (χ2v) is 12.1. The predicted octanol–water partition coefficient (Wildman–Crippen LogP) is 5.84. The van der Waals surface area contributed by atoms with Gasteiger partial charge in [-0.05, 0) is 73.0 Å². The van der Waals surface area contributed by atoms with Crippen LogP contribution in [0.2, 0.25) is 0 Å². The fourth-order valence-electron chi connectivity index (χ4n) is 7.42. The Morgan fingerprint density at radius 2 is 1.56 bits per heavy atom. The summed E-state index contributed by atoms with van der Waals surface area (Å²) in [5, 5.41) is 6.02. The van der Waals surface area contributed by atoms with Gasteiger partial charge < -0.3 is 5.32 Å². The summed E-state index contributed by atoms with van der Waals surface area (Å²) in [4.78, 5) is 0. The number of piperidine rings is 1. The van der Waals surface area contributed by atoms with Crippen LogP contribution in [-0.4, -0.2) is 22.6 Å². The molecule has 4 aliphatic rings. The first-order chi connectivity index (χ1) is 11.9. The number of rotatable bonds is 2. The van der Waals surface area contributed by atoms with Crippen LogP contribution in [0, 0.1) is 47.3 Å². The average molecular weight is 364 g/mol. The highest BCUT2D eigenvalue weighted by Crippen LogP contribution is 2.61. The number of hydrogen-bond acceptors (Lipinski definition) is 2. The van der Waals surface area contributed by atoms with E-state index in [4.69, 9.17) is 0 Å². The van der Waals surface area contributed by atoms with Gasteiger partial charge in [0, 0.05) is 22.6 Å². The lowest BCUT2D eigenvalue weighted by molar-refractivity contribution is 0.0618. The van der Waals surface area contributed by atoms with Gasteiger partial charge in [-0.15, -0.1) is 0 Å². The molecule has 1 N–H and O–H groups in total. The summed E-state index contributed by atoms with van der Waals surface area (Å²) in [5.74, 6) is 7.40. The van der Waals surface area contributed by atoms with Crippen molar-refractivity contribution in [1.82, 2.24) is 5.32 Å². The van der Waals surface area contributed by atoms with E-state index < -0.39 is 0 Å². The molecule has 2 aliphatic carbocycles. The molecule has 0 aromatic rings. The molecule has 4 rings (SSSR count). The molecule has 2 heterocycles. The van der Waals surface area contributed by atoms with Gasteiger partial charge in [0.25, 0.3) is 0 Å². The van der Waals surface area contributed by atoms with Crippen LogP contribution in [0.1, 0.15) is 73.6 Å². The molecule has 2 aliphatic heterocycles. The zero-order valence-corrected chi connectivity index (χ0v) is 18.2. The number of hydrogen-bond donors (Lipinski definition) is 1. The monoisotopic (exact) mass is 363 g/mol. The number of nitrogens with one attached hydrogen (secondary N) is 1. The molecule has 2 heteroatoms. The minimum atomic E-state index is 0.765. The highest BCUT2D eigenvalue weighted by Gasteiger charge is 2.57. The van der Waals surface area contributed by atoms with Crippen molar-refractivity contribution in [3.8, 4) is 0 Å². The van der Waals surface area contributed by atoms with E-state index in [9.17, 15) is 0 Å². The predicted molar refractivity (Wildman–Crippen MR) is 111 cm³/mol. The summed E-state index contributed by atoms with van der Waals surface area (Å²) in [6.07, 6.45) is 7.38. The van der Waals surface area contributed by atoms with Crippen LogP contribution in [0.5, 0.6) is 0 Å². The lowest BCUT2D eigenvalue weighted by Gasteiger charge is -2.49. The first-order valence-electron chi connectivity index (χ1n) is 11.3. The molecule has 0 aromatic carbocycles. The van der Waals surface area contributed by atoms with Crippen LogP contribution in [-0.2, 0) is 0 Å². The SMILES string of the molecule is CC(C)C1CCC2CCCC(C3C(C)C(C)C4C(C)C(C)SC43)C2N1. The van der Waals surface area contributed by atoms with Crippen molar-refractivity contribution in [3.63, 3.8) is 0 Å². The topological polar surface area (TPSA) is 12.0 Å². The molecule has 11 atom stereocenters. The molecule has 0 radical (unpaired) electrons. The zero-order chi connectivity index (χ0) is 17.9. The maximum Gasteiger partial charge on any atom is 0.0129 e. The zero-order valence-electron chi connectivity index (χ0n) is 17.4. The molecule has 1 nitrogen and oxygen atoms in total. The van der Waals surface area contributed by atoms with Gasteiger partial charge in [-0.1, -0.05) is 48.0 Å². The Balaban J connectivity index is 1.59. The number of thioether (sulfide) groups is 1. The smallest absolute Gasteiger partial charge is 0.0129 e. The molecule has 0 bridgehead atoms. The molecule has 0 aromatic heterocycles. The summed E-state index contributed by atoms with van der Waals surface area (Å²) < 4.78 is 0. The highest BCUT2D eigenvalue weighted by molar-refractivity contribution is 8.00. The van der Waals surface area contributed by atoms with Gasteiger partial charge in [-0.3, -0.25) is 0 Å². The van der Waals surface area contributed by atoms with E-state index in [1.165, 1.54) is 32.1 Å².